The van der Waals surface area contributed by atoms with Gasteiger partial charge in [-0.3, -0.25) is 4.90 Å². The predicted octanol–water partition coefficient (Wildman–Crippen LogP) is 1.79. The van der Waals surface area contributed by atoms with Gasteiger partial charge in [0, 0.05) is 24.7 Å². The van der Waals surface area contributed by atoms with Crippen molar-refractivity contribution in [3.05, 3.63) is 35.6 Å². The Balaban J connectivity index is 2.26. The standard InChI is InChI=1S/C12H17FN2/c1-9-7-14-8-12(15(9)2)10-5-3-4-6-11(10)13/h3-6,9,12,14H,7-8H2,1-2H3/t9-,12?/m1/s1. The smallest absolute Gasteiger partial charge is 0.128 e. The average molecular weight is 208 g/mol. The Kier molecular flexibility index (Phi) is 3.03. The molecule has 1 aromatic carbocycles. The molecule has 2 atom stereocenters. The van der Waals surface area contributed by atoms with E-state index in [0.29, 0.717) is 6.04 Å². The van der Waals surface area contributed by atoms with Crippen LogP contribution >= 0.6 is 0 Å². The van der Waals surface area contributed by atoms with Crippen LogP contribution < -0.4 is 5.32 Å². The van der Waals surface area contributed by atoms with Crippen LogP contribution in [-0.2, 0) is 0 Å². The highest BCUT2D eigenvalue weighted by Crippen LogP contribution is 2.25. The zero-order valence-corrected chi connectivity index (χ0v) is 9.20. The first-order valence-corrected chi connectivity index (χ1v) is 5.37. The number of piperazine rings is 1. The molecule has 1 heterocycles. The van der Waals surface area contributed by atoms with E-state index in [1.807, 2.05) is 12.1 Å². The minimum absolute atomic E-state index is 0.106. The van der Waals surface area contributed by atoms with Gasteiger partial charge in [0.15, 0.2) is 0 Å². The van der Waals surface area contributed by atoms with Gasteiger partial charge < -0.3 is 5.32 Å². The summed E-state index contributed by atoms with van der Waals surface area (Å²) in [6, 6.07) is 7.63. The van der Waals surface area contributed by atoms with Crippen molar-refractivity contribution < 1.29 is 4.39 Å². The maximum Gasteiger partial charge on any atom is 0.128 e. The molecule has 1 aromatic rings. The van der Waals surface area contributed by atoms with Crippen molar-refractivity contribution in [1.82, 2.24) is 10.2 Å². The molecule has 1 saturated heterocycles. The molecular formula is C12H17FN2. The van der Waals surface area contributed by atoms with Crippen molar-refractivity contribution in [2.24, 2.45) is 0 Å². The molecule has 0 saturated carbocycles. The number of hydrogen-bond donors (Lipinski definition) is 1. The molecule has 1 aliphatic rings. The third kappa shape index (κ3) is 2.03. The summed E-state index contributed by atoms with van der Waals surface area (Å²) >= 11 is 0. The minimum Gasteiger partial charge on any atom is -0.313 e. The van der Waals surface area contributed by atoms with Gasteiger partial charge in [0.2, 0.25) is 0 Å². The summed E-state index contributed by atoms with van der Waals surface area (Å²) in [5.41, 5.74) is 0.791. The summed E-state index contributed by atoms with van der Waals surface area (Å²) in [4.78, 5) is 2.23. The van der Waals surface area contributed by atoms with Crippen LogP contribution in [0, 0.1) is 5.82 Å². The minimum atomic E-state index is -0.106. The van der Waals surface area contributed by atoms with Crippen LogP contribution in [0.5, 0.6) is 0 Å². The summed E-state index contributed by atoms with van der Waals surface area (Å²) in [5.74, 6) is -0.106. The number of nitrogens with zero attached hydrogens (tertiary/aromatic N) is 1. The van der Waals surface area contributed by atoms with Crippen LogP contribution in [0.25, 0.3) is 0 Å². The topological polar surface area (TPSA) is 15.3 Å². The van der Waals surface area contributed by atoms with Crippen molar-refractivity contribution in [1.29, 1.82) is 0 Å². The van der Waals surface area contributed by atoms with Gasteiger partial charge in [-0.2, -0.15) is 0 Å². The lowest BCUT2D eigenvalue weighted by atomic mass is 10.0. The molecule has 1 aliphatic heterocycles. The van der Waals surface area contributed by atoms with Gasteiger partial charge in [-0.15, -0.1) is 0 Å². The van der Waals surface area contributed by atoms with Crippen LogP contribution in [0.1, 0.15) is 18.5 Å². The number of rotatable bonds is 1. The quantitative estimate of drug-likeness (QED) is 0.757. The Bertz CT molecular complexity index is 340. The van der Waals surface area contributed by atoms with E-state index in [0.717, 1.165) is 18.7 Å². The van der Waals surface area contributed by atoms with Gasteiger partial charge in [-0.25, -0.2) is 4.39 Å². The Labute approximate surface area is 90.1 Å². The molecule has 3 heteroatoms. The van der Waals surface area contributed by atoms with Gasteiger partial charge in [-0.05, 0) is 20.0 Å². The van der Waals surface area contributed by atoms with Gasteiger partial charge in [0.1, 0.15) is 5.82 Å². The third-order valence-electron chi connectivity index (χ3n) is 3.23. The molecule has 1 fully saturated rings. The summed E-state index contributed by atoms with van der Waals surface area (Å²) in [6.45, 7) is 3.95. The molecule has 82 valence electrons. The highest BCUT2D eigenvalue weighted by atomic mass is 19.1. The first-order chi connectivity index (χ1) is 7.20. The zero-order valence-electron chi connectivity index (χ0n) is 9.20. The fraction of sp³-hybridized carbons (Fsp3) is 0.500. The molecule has 0 bridgehead atoms. The van der Waals surface area contributed by atoms with Crippen LogP contribution in [0.15, 0.2) is 24.3 Å². The summed E-state index contributed by atoms with van der Waals surface area (Å²) < 4.78 is 13.6. The third-order valence-corrected chi connectivity index (χ3v) is 3.23. The maximum atomic E-state index is 13.6. The average Bonchev–Trinajstić information content (AvgIpc) is 2.23. The molecule has 2 nitrogen and oxygen atoms in total. The summed E-state index contributed by atoms with van der Waals surface area (Å²) in [5, 5.41) is 3.33. The number of nitrogens with one attached hydrogen (secondary N) is 1. The highest BCUT2D eigenvalue weighted by Gasteiger charge is 2.27. The van der Waals surface area contributed by atoms with Crippen molar-refractivity contribution in [2.75, 3.05) is 20.1 Å². The molecule has 0 spiro atoms. The second kappa shape index (κ2) is 4.29. The van der Waals surface area contributed by atoms with Gasteiger partial charge in [0.05, 0.1) is 6.04 Å². The normalized spacial score (nSPS) is 27.9. The van der Waals surface area contributed by atoms with E-state index in [1.54, 1.807) is 6.07 Å². The van der Waals surface area contributed by atoms with Gasteiger partial charge in [-0.1, -0.05) is 18.2 Å². The molecule has 0 aliphatic carbocycles. The van der Waals surface area contributed by atoms with Crippen molar-refractivity contribution in [3.8, 4) is 0 Å². The van der Waals surface area contributed by atoms with Crippen LogP contribution in [0.2, 0.25) is 0 Å². The highest BCUT2D eigenvalue weighted by molar-refractivity contribution is 5.22. The Morgan fingerprint density at radius 3 is 2.80 bits per heavy atom. The lowest BCUT2D eigenvalue weighted by Gasteiger charge is -2.38. The second-order valence-electron chi connectivity index (χ2n) is 4.21. The molecule has 15 heavy (non-hydrogen) atoms. The van der Waals surface area contributed by atoms with Crippen molar-refractivity contribution in [2.45, 2.75) is 19.0 Å². The number of halogens is 1. The monoisotopic (exact) mass is 208 g/mol. The first kappa shape index (κ1) is 10.6. The van der Waals surface area contributed by atoms with E-state index in [2.05, 4.69) is 24.2 Å². The fourth-order valence-corrected chi connectivity index (χ4v) is 2.10. The molecule has 0 amide bonds. The van der Waals surface area contributed by atoms with Gasteiger partial charge in [0.25, 0.3) is 0 Å². The van der Waals surface area contributed by atoms with Crippen LogP contribution in [-0.4, -0.2) is 31.1 Å². The summed E-state index contributed by atoms with van der Waals surface area (Å²) in [7, 11) is 2.06. The van der Waals surface area contributed by atoms with E-state index in [-0.39, 0.29) is 11.9 Å². The lowest BCUT2D eigenvalue weighted by Crippen LogP contribution is -2.49. The molecule has 0 radical (unpaired) electrons. The van der Waals surface area contributed by atoms with E-state index in [4.69, 9.17) is 0 Å². The lowest BCUT2D eigenvalue weighted by molar-refractivity contribution is 0.138. The van der Waals surface area contributed by atoms with Crippen molar-refractivity contribution >= 4 is 0 Å². The first-order valence-electron chi connectivity index (χ1n) is 5.37. The van der Waals surface area contributed by atoms with E-state index in [9.17, 15) is 4.39 Å². The number of likely N-dealkylation sites (N-methyl/N-ethyl adjacent to an activating group) is 1. The van der Waals surface area contributed by atoms with Crippen LogP contribution in [0.3, 0.4) is 0 Å². The zero-order chi connectivity index (χ0) is 10.8. The second-order valence-corrected chi connectivity index (χ2v) is 4.21. The largest absolute Gasteiger partial charge is 0.313 e. The van der Waals surface area contributed by atoms with Crippen LogP contribution in [0.4, 0.5) is 4.39 Å². The Morgan fingerprint density at radius 2 is 2.07 bits per heavy atom. The Morgan fingerprint density at radius 1 is 1.33 bits per heavy atom. The van der Waals surface area contributed by atoms with Crippen molar-refractivity contribution in [3.63, 3.8) is 0 Å². The number of benzene rings is 1. The van der Waals surface area contributed by atoms with E-state index in [1.165, 1.54) is 6.07 Å². The Hall–Kier alpha value is -0.930. The molecular weight excluding hydrogens is 191 g/mol. The predicted molar refractivity (Wildman–Crippen MR) is 59.2 cm³/mol. The SMILES string of the molecule is C[C@@H]1CNCC(c2ccccc2F)N1C. The molecule has 1 unspecified atom stereocenters. The molecule has 2 rings (SSSR count). The molecule has 0 aromatic heterocycles. The summed E-state index contributed by atoms with van der Waals surface area (Å²) in [6.07, 6.45) is 0. The van der Waals surface area contributed by atoms with E-state index < -0.39 is 0 Å². The maximum absolute atomic E-state index is 13.6. The van der Waals surface area contributed by atoms with E-state index >= 15 is 0 Å². The van der Waals surface area contributed by atoms with Gasteiger partial charge >= 0.3 is 0 Å². The molecule has 1 N–H and O–H groups in total. The fourth-order valence-electron chi connectivity index (χ4n) is 2.10. The number of hydrogen-bond acceptors (Lipinski definition) is 2.